The van der Waals surface area contributed by atoms with Crippen LogP contribution in [0, 0.1) is 0 Å². The lowest BCUT2D eigenvalue weighted by Gasteiger charge is -2.25. The van der Waals surface area contributed by atoms with E-state index in [1.54, 1.807) is 34.6 Å². The summed E-state index contributed by atoms with van der Waals surface area (Å²) in [5.41, 5.74) is 27.9. The number of hydrogen-bond acceptors (Lipinski definition) is 33. The topological polar surface area (TPSA) is 557 Å². The maximum atomic E-state index is 12.4. The second-order valence-electron chi connectivity index (χ2n) is 26.4. The maximum absolute atomic E-state index is 12.4. The molecule has 0 amide bonds. The van der Waals surface area contributed by atoms with Gasteiger partial charge in [0.05, 0.1) is 81.2 Å². The van der Waals surface area contributed by atoms with E-state index in [9.17, 15) is 46.2 Å². The Kier molecular flexibility index (Phi) is 33.1. The fraction of sp³-hybridized carbons (Fsp3) is 0.949. The van der Waals surface area contributed by atoms with Gasteiger partial charge in [0.25, 0.3) is 0 Å². The standard InChI is InChI=1S/C10H15F3O6S.C10H15N3O5.C9H15N3O3.C9H16O4.C8H13N3O3.C8H14O5.C5H9N3O3/c1-4-5-6(19-20(14,15)10(11,12)13)7-8(16-5)18-9(2,3)17-7;1-4-7-8(12-13-11)9(16-5(2)14)10(18-7)17-6(3)15;1-4-5-6(11-12-10)7-8(13-5)15-9(2,3)14-7;1-4-5-6(10)7-8(11-5)13-9(2,3)12-7;1-3-6-8(10-11-9)7(4-13-6)14-5(2)12;1-8(2)12-6-5(10)4(3-9)11-7(6)13-8;6-8-7-5-3(10)2-11-4(5)1-9/h5-8H,4H2,1-3H3;7-10H,4H2,1-3H3;5-8H,4H2,1-3H3;5-8,10H,4H2,1-3H3;6-8H,3-4H2,1-2H3;4-7,9-10H,3H2,1-2H3;3-5,9-10H,1-2H2/t5-,6-,7-,8-;7-,8-,9-,10?;5-,6-,7-,8-;5-,6+,7-,8-;6-,7+,8-;4-,5+,6-,7-;3-,4+,5-/m1111110/s1. The van der Waals surface area contributed by atoms with Crippen LogP contribution >= 0.6 is 0 Å². The first-order valence-electron chi connectivity index (χ1n) is 33.4. The number of carbonyl (C=O) groups excluding carboxylic acids is 3. The molecule has 0 saturated carbocycles. The first kappa shape index (κ1) is 89.2. The van der Waals surface area contributed by atoms with Gasteiger partial charge in [0.15, 0.2) is 54.4 Å². The van der Waals surface area contributed by atoms with Gasteiger partial charge in [0.2, 0.25) is 6.29 Å². The molecule has 45 heteroatoms. The highest BCUT2D eigenvalue weighted by atomic mass is 32.2. The van der Waals surface area contributed by atoms with Crippen LogP contribution in [0.5, 0.6) is 0 Å². The first-order chi connectivity index (χ1) is 48.6. The number of nitrogens with zero attached hydrogens (tertiary/aromatic N) is 12. The Balaban J connectivity index is 0.000000220. The van der Waals surface area contributed by atoms with E-state index >= 15 is 0 Å². The van der Waals surface area contributed by atoms with Crippen LogP contribution in [0.2, 0.25) is 0 Å². The Morgan fingerprint density at radius 2 is 0.837 bits per heavy atom. The summed E-state index contributed by atoms with van der Waals surface area (Å²) in [5.74, 6) is -4.57. The van der Waals surface area contributed by atoms with Crippen LogP contribution in [0.3, 0.4) is 0 Å². The molecule has 5 N–H and O–H groups in total. The number of aliphatic hydroxyl groups is 5. The molecule has 1 unspecified atom stereocenters. The Morgan fingerprint density at radius 1 is 0.462 bits per heavy atom. The lowest BCUT2D eigenvalue weighted by atomic mass is 10.1. The van der Waals surface area contributed by atoms with E-state index in [4.69, 9.17) is 123 Å². The molecule has 11 aliphatic rings. The van der Waals surface area contributed by atoms with Crippen LogP contribution in [0.1, 0.15) is 143 Å². The van der Waals surface area contributed by atoms with Gasteiger partial charge in [0, 0.05) is 40.4 Å². The molecule has 594 valence electrons. The highest BCUT2D eigenvalue weighted by Crippen LogP contribution is 2.44. The molecule has 11 aliphatic heterocycles. The predicted octanol–water partition coefficient (Wildman–Crippen LogP) is 5.43. The van der Waals surface area contributed by atoms with Crippen molar-refractivity contribution in [2.75, 3.05) is 26.4 Å². The Bertz CT molecular complexity index is 3090. The molecule has 0 aromatic carbocycles. The average Bonchev–Trinajstić information content (AvgIpc) is 1.61. The van der Waals surface area contributed by atoms with Crippen LogP contribution in [0.25, 0.3) is 41.8 Å². The van der Waals surface area contributed by atoms with Crippen molar-refractivity contribution in [3.8, 4) is 0 Å². The van der Waals surface area contributed by atoms with Gasteiger partial charge >= 0.3 is 33.5 Å². The lowest BCUT2D eigenvalue weighted by Crippen LogP contribution is -2.41. The Morgan fingerprint density at radius 3 is 1.28 bits per heavy atom. The molecule has 0 aliphatic carbocycles. The van der Waals surface area contributed by atoms with Crippen LogP contribution in [-0.2, 0) is 114 Å². The Labute approximate surface area is 596 Å². The number of alkyl halides is 3. The summed E-state index contributed by atoms with van der Waals surface area (Å²) < 4.78 is 160. The normalized spacial score (nSPS) is 38.5. The number of ether oxygens (including phenoxy) is 18. The second kappa shape index (κ2) is 38.6. The minimum absolute atomic E-state index is 0.105. The largest absolute Gasteiger partial charge is 0.523 e. The fourth-order valence-electron chi connectivity index (χ4n) is 12.3. The summed E-state index contributed by atoms with van der Waals surface area (Å²) in [6.45, 7) is 27.0. The summed E-state index contributed by atoms with van der Waals surface area (Å²) in [7, 11) is -5.72. The van der Waals surface area contributed by atoms with E-state index in [1.807, 2.05) is 55.4 Å². The summed E-state index contributed by atoms with van der Waals surface area (Å²) in [6, 6.07) is -2.03. The van der Waals surface area contributed by atoms with E-state index in [0.717, 1.165) is 19.3 Å². The maximum Gasteiger partial charge on any atom is 0.523 e. The molecule has 11 heterocycles. The number of aliphatic hydroxyl groups excluding tert-OH is 5. The van der Waals surface area contributed by atoms with Gasteiger partial charge in [-0.2, -0.15) is 21.6 Å². The first-order valence-corrected chi connectivity index (χ1v) is 34.9. The number of azide groups is 4. The number of hydrogen-bond donors (Lipinski definition) is 5. The zero-order valence-electron chi connectivity index (χ0n) is 60.3. The van der Waals surface area contributed by atoms with E-state index < -0.39 is 174 Å². The number of carbonyl (C=O) groups is 3. The number of fused-ring (bicyclic) bond motifs is 4. The van der Waals surface area contributed by atoms with Crippen LogP contribution in [0.15, 0.2) is 20.5 Å². The van der Waals surface area contributed by atoms with Crippen molar-refractivity contribution < 1.29 is 151 Å². The molecule has 104 heavy (non-hydrogen) atoms. The van der Waals surface area contributed by atoms with E-state index in [2.05, 4.69) is 44.3 Å². The minimum Gasteiger partial charge on any atom is -0.460 e. The van der Waals surface area contributed by atoms with E-state index in [-0.39, 0.29) is 68.8 Å². The summed E-state index contributed by atoms with van der Waals surface area (Å²) in [4.78, 5) is 43.5. The van der Waals surface area contributed by atoms with E-state index in [1.165, 1.54) is 20.8 Å². The number of halogens is 3. The van der Waals surface area contributed by atoms with Gasteiger partial charge in [-0.15, -0.1) is 0 Å². The summed E-state index contributed by atoms with van der Waals surface area (Å²) in [5, 5.41) is 60.2. The number of esters is 3. The zero-order valence-corrected chi connectivity index (χ0v) is 61.1. The molecule has 11 rings (SSSR count). The molecular weight excluding hydrogens is 1430 g/mol. The van der Waals surface area contributed by atoms with Gasteiger partial charge in [0.1, 0.15) is 67.0 Å². The van der Waals surface area contributed by atoms with Gasteiger partial charge in [-0.05, 0) is 110 Å². The molecular formula is C59H97F3N12O29S. The van der Waals surface area contributed by atoms with Crippen molar-refractivity contribution in [2.24, 2.45) is 20.5 Å². The molecule has 41 nitrogen and oxygen atoms in total. The zero-order chi connectivity index (χ0) is 78.2. The van der Waals surface area contributed by atoms with Crippen molar-refractivity contribution in [3.05, 3.63) is 41.8 Å². The number of rotatable bonds is 16. The summed E-state index contributed by atoms with van der Waals surface area (Å²) in [6.07, 6.45) is -10.1. The molecule has 11 saturated heterocycles. The third kappa shape index (κ3) is 23.8. The SMILES string of the molecule is CC1(C)O[C@H]2O[C@H](CO)[C@H](O)[C@H]2O1.CC[C@H]1OC(OC(C)=O)[C@H](OC(C)=O)[C@@H]1N=[N+]=[N-].CC[C@H]1OC[C@H](OC(C)=O)[C@@H]1N=[N+]=[N-].CC[C@H]1O[C@@H]2OC(C)(C)O[C@@H]2[C@@H]1N=[N+]=[N-].CC[C@H]1O[C@@H]2OC(C)(C)O[C@@H]2[C@@H]1OS(=O)(=O)C(F)(F)F.CC[C@H]1O[C@@H]2OC(C)(C)O[C@@H]2[C@H]1O.[N-]=[N+]=N[C@H]1[C@@H](O)CO[C@@H]1CO. The molecule has 0 radical (unpaired) electrons. The molecule has 0 aromatic rings. The molecule has 0 spiro atoms. The average molecular weight is 1530 g/mol. The van der Waals surface area contributed by atoms with Crippen molar-refractivity contribution in [3.63, 3.8) is 0 Å². The smallest absolute Gasteiger partial charge is 0.460 e. The highest BCUT2D eigenvalue weighted by Gasteiger charge is 2.61. The second-order valence-corrected chi connectivity index (χ2v) is 28.0. The van der Waals surface area contributed by atoms with Crippen molar-refractivity contribution in [1.82, 2.24) is 0 Å². The lowest BCUT2D eigenvalue weighted by molar-refractivity contribution is -0.218. The predicted molar refractivity (Wildman–Crippen MR) is 341 cm³/mol. The minimum atomic E-state index is -5.72. The highest BCUT2D eigenvalue weighted by molar-refractivity contribution is 7.87. The van der Waals surface area contributed by atoms with Crippen molar-refractivity contribution in [1.29, 1.82) is 0 Å². The quantitative estimate of drug-likeness (QED) is 0.0245. The molecule has 11 fully saturated rings. The van der Waals surface area contributed by atoms with Gasteiger partial charge in [-0.25, -0.2) is 0 Å². The van der Waals surface area contributed by atoms with Crippen molar-refractivity contribution in [2.45, 2.75) is 331 Å². The Hall–Kier alpha value is -5.45. The molecule has 0 aromatic heterocycles. The fourth-order valence-corrected chi connectivity index (χ4v) is 12.9. The van der Waals surface area contributed by atoms with Crippen LogP contribution in [-0.4, -0.2) is 266 Å². The molecule has 26 atom stereocenters. The third-order valence-electron chi connectivity index (χ3n) is 16.8. The van der Waals surface area contributed by atoms with Crippen LogP contribution in [0.4, 0.5) is 13.2 Å². The summed E-state index contributed by atoms with van der Waals surface area (Å²) >= 11 is 0. The van der Waals surface area contributed by atoms with Gasteiger partial charge < -0.3 is 111 Å². The molecule has 0 bridgehead atoms. The van der Waals surface area contributed by atoms with Gasteiger partial charge in [-0.3, -0.25) is 18.6 Å². The van der Waals surface area contributed by atoms with Crippen molar-refractivity contribution >= 4 is 28.0 Å². The van der Waals surface area contributed by atoms with E-state index in [0.29, 0.717) is 13.0 Å². The monoisotopic (exact) mass is 1530 g/mol. The van der Waals surface area contributed by atoms with Crippen LogP contribution < -0.4 is 0 Å². The van der Waals surface area contributed by atoms with Gasteiger partial charge in [-0.1, -0.05) is 55.1 Å². The third-order valence-corrected chi connectivity index (χ3v) is 17.8.